The molecule has 0 spiro atoms. The normalized spacial score (nSPS) is 11.5. The lowest BCUT2D eigenvalue weighted by Gasteiger charge is -2.12. The van der Waals surface area contributed by atoms with Crippen LogP contribution >= 0.6 is 0 Å². The molecule has 0 aliphatic rings. The van der Waals surface area contributed by atoms with Crippen LogP contribution in [0, 0.1) is 0 Å². The van der Waals surface area contributed by atoms with Crippen molar-refractivity contribution in [2.45, 2.75) is 26.2 Å². The number of nitrogens with zero attached hydrogens (tertiary/aromatic N) is 1. The van der Waals surface area contributed by atoms with Gasteiger partial charge in [-0.15, -0.1) is 0 Å². The molecule has 2 aromatic heterocycles. The Labute approximate surface area is 171 Å². The summed E-state index contributed by atoms with van der Waals surface area (Å²) in [5.41, 5.74) is 6.32. The molecule has 0 aliphatic carbocycles. The van der Waals surface area contributed by atoms with Gasteiger partial charge in [0.1, 0.15) is 5.75 Å². The van der Waals surface area contributed by atoms with Crippen LogP contribution in [-0.4, -0.2) is 11.5 Å². The van der Waals surface area contributed by atoms with Crippen molar-refractivity contribution in [2.75, 3.05) is 7.11 Å². The molecule has 0 unspecified atom stereocenters. The highest BCUT2D eigenvalue weighted by Crippen LogP contribution is 2.35. The fourth-order valence-electron chi connectivity index (χ4n) is 4.28. The first-order chi connectivity index (χ1) is 14.3. The van der Waals surface area contributed by atoms with E-state index in [1.165, 1.54) is 56.9 Å². The molecule has 0 fully saturated rings. The largest absolute Gasteiger partial charge is 0.497 e. The SMILES string of the molecule is CCCCc1ccc(-c2cc3ccccc3c3cc4cc(OC)ccc4n23)cc1. The van der Waals surface area contributed by atoms with Gasteiger partial charge in [-0.1, -0.05) is 61.9 Å². The van der Waals surface area contributed by atoms with Crippen LogP contribution in [0.3, 0.4) is 0 Å². The van der Waals surface area contributed by atoms with Gasteiger partial charge in [0.2, 0.25) is 0 Å². The molecule has 0 N–H and O–H groups in total. The molecule has 0 amide bonds. The minimum atomic E-state index is 0.888. The van der Waals surface area contributed by atoms with E-state index in [-0.39, 0.29) is 0 Å². The summed E-state index contributed by atoms with van der Waals surface area (Å²) < 4.78 is 7.84. The Morgan fingerprint density at radius 2 is 1.62 bits per heavy atom. The van der Waals surface area contributed by atoms with Crippen LogP contribution < -0.4 is 4.74 Å². The molecule has 5 aromatic rings. The first-order valence-corrected chi connectivity index (χ1v) is 10.4. The van der Waals surface area contributed by atoms with Gasteiger partial charge in [0, 0.05) is 10.8 Å². The van der Waals surface area contributed by atoms with Gasteiger partial charge in [0.25, 0.3) is 0 Å². The summed E-state index contributed by atoms with van der Waals surface area (Å²) in [6, 6.07) is 28.6. The lowest BCUT2D eigenvalue weighted by Crippen LogP contribution is -1.94. The van der Waals surface area contributed by atoms with Gasteiger partial charge < -0.3 is 9.14 Å². The number of aryl methyl sites for hydroxylation is 1. The number of unbranched alkanes of at least 4 members (excludes halogenated alkanes) is 1. The zero-order chi connectivity index (χ0) is 19.8. The molecule has 3 aromatic carbocycles. The second-order valence-corrected chi connectivity index (χ2v) is 7.71. The number of benzene rings is 3. The monoisotopic (exact) mass is 379 g/mol. The maximum atomic E-state index is 5.46. The van der Waals surface area contributed by atoms with E-state index in [0.29, 0.717) is 0 Å². The third kappa shape index (κ3) is 3.05. The molecule has 0 radical (unpaired) electrons. The van der Waals surface area contributed by atoms with E-state index in [2.05, 4.69) is 84.1 Å². The number of ether oxygens (including phenoxy) is 1. The standard InChI is InChI=1S/C27H25NO/c1-3-4-7-19-10-12-20(13-11-19)26-17-21-8-5-6-9-24(21)27-18-22-16-23(29-2)14-15-25(22)28(26)27/h5-6,8-18H,3-4,7H2,1-2H3. The summed E-state index contributed by atoms with van der Waals surface area (Å²) >= 11 is 0. The summed E-state index contributed by atoms with van der Waals surface area (Å²) in [7, 11) is 1.72. The van der Waals surface area contributed by atoms with Crippen molar-refractivity contribution < 1.29 is 4.74 Å². The van der Waals surface area contributed by atoms with Crippen molar-refractivity contribution in [1.29, 1.82) is 0 Å². The highest BCUT2D eigenvalue weighted by molar-refractivity contribution is 6.05. The highest BCUT2D eigenvalue weighted by atomic mass is 16.5. The van der Waals surface area contributed by atoms with E-state index in [1.54, 1.807) is 7.11 Å². The van der Waals surface area contributed by atoms with E-state index in [4.69, 9.17) is 4.74 Å². The number of hydrogen-bond donors (Lipinski definition) is 0. The Morgan fingerprint density at radius 3 is 2.41 bits per heavy atom. The first-order valence-electron chi connectivity index (χ1n) is 10.4. The predicted octanol–water partition coefficient (Wildman–Crippen LogP) is 7.26. The number of methoxy groups -OCH3 is 1. The van der Waals surface area contributed by atoms with Crippen molar-refractivity contribution in [1.82, 2.24) is 4.40 Å². The molecule has 2 nitrogen and oxygen atoms in total. The van der Waals surface area contributed by atoms with E-state index in [0.717, 1.165) is 12.2 Å². The van der Waals surface area contributed by atoms with Crippen molar-refractivity contribution >= 4 is 27.2 Å². The summed E-state index contributed by atoms with van der Waals surface area (Å²) in [5, 5.41) is 3.73. The second-order valence-electron chi connectivity index (χ2n) is 7.71. The van der Waals surface area contributed by atoms with Gasteiger partial charge >= 0.3 is 0 Å². The highest BCUT2D eigenvalue weighted by Gasteiger charge is 2.13. The van der Waals surface area contributed by atoms with E-state index in [1.807, 2.05) is 6.07 Å². The molecular weight excluding hydrogens is 354 g/mol. The molecular formula is C27H25NO. The van der Waals surface area contributed by atoms with Gasteiger partial charge in [-0.05, 0) is 59.7 Å². The van der Waals surface area contributed by atoms with Crippen molar-refractivity contribution in [3.8, 4) is 17.0 Å². The van der Waals surface area contributed by atoms with Crippen LogP contribution in [-0.2, 0) is 6.42 Å². The predicted molar refractivity (Wildman–Crippen MR) is 123 cm³/mol. The van der Waals surface area contributed by atoms with E-state index >= 15 is 0 Å². The number of aromatic nitrogens is 1. The Hall–Kier alpha value is -3.26. The summed E-state index contributed by atoms with van der Waals surface area (Å²) in [6.45, 7) is 2.24. The second kappa shape index (κ2) is 7.29. The molecule has 144 valence electrons. The van der Waals surface area contributed by atoms with Crippen molar-refractivity contribution in [3.05, 3.63) is 84.4 Å². The van der Waals surface area contributed by atoms with E-state index in [9.17, 15) is 0 Å². The van der Waals surface area contributed by atoms with Crippen LogP contribution in [0.25, 0.3) is 38.4 Å². The minimum Gasteiger partial charge on any atom is -0.497 e. The molecule has 2 heteroatoms. The number of fused-ring (bicyclic) bond motifs is 5. The van der Waals surface area contributed by atoms with Crippen molar-refractivity contribution in [2.24, 2.45) is 0 Å². The Balaban J connectivity index is 1.79. The zero-order valence-corrected chi connectivity index (χ0v) is 17.0. The topological polar surface area (TPSA) is 13.6 Å². The van der Waals surface area contributed by atoms with Crippen LogP contribution in [0.15, 0.2) is 78.9 Å². The van der Waals surface area contributed by atoms with Gasteiger partial charge in [-0.25, -0.2) is 0 Å². The quantitative estimate of drug-likeness (QED) is 0.313. The van der Waals surface area contributed by atoms with Crippen LogP contribution in [0.5, 0.6) is 5.75 Å². The summed E-state index contributed by atoms with van der Waals surface area (Å²) in [5.74, 6) is 0.888. The Kier molecular flexibility index (Phi) is 4.48. The zero-order valence-electron chi connectivity index (χ0n) is 17.0. The molecule has 29 heavy (non-hydrogen) atoms. The smallest absolute Gasteiger partial charge is 0.119 e. The molecule has 0 saturated heterocycles. The van der Waals surface area contributed by atoms with Gasteiger partial charge in [0.15, 0.2) is 0 Å². The van der Waals surface area contributed by atoms with E-state index < -0.39 is 0 Å². The summed E-state index contributed by atoms with van der Waals surface area (Å²) in [4.78, 5) is 0. The Morgan fingerprint density at radius 1 is 0.793 bits per heavy atom. The van der Waals surface area contributed by atoms with Crippen LogP contribution in [0.1, 0.15) is 25.3 Å². The molecule has 5 rings (SSSR count). The third-order valence-corrected chi connectivity index (χ3v) is 5.85. The number of pyridine rings is 1. The average molecular weight is 380 g/mol. The van der Waals surface area contributed by atoms with Crippen molar-refractivity contribution in [3.63, 3.8) is 0 Å². The minimum absolute atomic E-state index is 0.888. The molecule has 0 aliphatic heterocycles. The first kappa shape index (κ1) is 17.8. The average Bonchev–Trinajstić information content (AvgIpc) is 3.16. The van der Waals surface area contributed by atoms with Crippen LogP contribution in [0.4, 0.5) is 0 Å². The van der Waals surface area contributed by atoms with Gasteiger partial charge in [-0.3, -0.25) is 0 Å². The number of hydrogen-bond acceptors (Lipinski definition) is 1. The van der Waals surface area contributed by atoms with Crippen LogP contribution in [0.2, 0.25) is 0 Å². The van der Waals surface area contributed by atoms with Gasteiger partial charge in [0.05, 0.1) is 23.8 Å². The number of rotatable bonds is 5. The maximum Gasteiger partial charge on any atom is 0.119 e. The lowest BCUT2D eigenvalue weighted by atomic mass is 10.0. The van der Waals surface area contributed by atoms with Gasteiger partial charge in [-0.2, -0.15) is 0 Å². The maximum absolute atomic E-state index is 5.46. The molecule has 0 saturated carbocycles. The fraction of sp³-hybridized carbons (Fsp3) is 0.185. The molecule has 2 heterocycles. The molecule has 0 atom stereocenters. The lowest BCUT2D eigenvalue weighted by molar-refractivity contribution is 0.415. The Bertz CT molecular complexity index is 1310. The fourth-order valence-corrected chi connectivity index (χ4v) is 4.28. The molecule has 0 bridgehead atoms. The summed E-state index contributed by atoms with van der Waals surface area (Å²) in [6.07, 6.45) is 3.62. The third-order valence-electron chi connectivity index (χ3n) is 5.85.